The van der Waals surface area contributed by atoms with Crippen molar-refractivity contribution in [3.8, 4) is 0 Å². The molecule has 0 aromatic rings. The summed E-state index contributed by atoms with van der Waals surface area (Å²) in [7, 11) is 0. The van der Waals surface area contributed by atoms with Crippen LogP contribution in [0.4, 0.5) is 8.78 Å². The standard InChI is InChI=1S/C29H47FO3.C29H45FO3.C29H48O3.C29H46O3/c2*1-7-19(16(2)3)27(33)26(32)17(4)21-8-9-22-20-15-25(30)24-14-18(31)10-12-29(24,6)23(20)11-13-28(21,22)5;2*1-7-21(17(2)3)27(32)26(31)18(4)23-10-11-24-22-9-8-19-16-20(30)12-14-28(19,5)25(22)13-15-29(23,24)6/h14,16-17,19-23,25-27,32-33H,7-13,15H2,1-6H3;10,12,14,16-17,19-23,25-27,32-33H,7-9,11,13,15H2,1-6H3;16-18,21-27,31-32H,7-15H2,1-6H3;12,14,16-18,21-27,31-32H,7-11,13,15H2,1-6H3/t2*17-,19-,20?,21+,22?,23?,25-,26-,27-,28+,29+;2*18-,21-,22?,23+,24?,25?,26-,27-,28-,29+/m0000/s1. The molecule has 0 amide bonds. The summed E-state index contributed by atoms with van der Waals surface area (Å²) < 4.78 is 30.9. The molecule has 0 radical (unpaired) electrons. The van der Waals surface area contributed by atoms with E-state index in [9.17, 15) is 60.0 Å². The SMILES string of the molecule is CC[C@@H](C(C)C)[C@H](O)[C@@H](O)[C@@H](C)[C@H]1CCC2C3CCC4=CC(=O)C=C[C@]4(C)C3CC[C@@]21C.CC[C@@H](C(C)C)[C@H](O)[C@@H](O)[C@@H](C)[C@H]1CCC2C3CCC4=CC(=O)CC[C@]4(C)C3CC[C@@]21C.CC[C@@H](C(C)C)[C@H](O)[C@@H](O)[C@@H](C)[C@H]1CCC2C3C[C@H](F)C4=CC(=O)C=C[C@]4(C)C3CC[C@@]21C.CC[C@@H](C(C)C)[C@H](O)[C@@H](O)[C@@H](C)[C@H]1CCC2C3C[C@H](F)C4=CC(=O)CC[C@]4(C)C3CC[C@@]21C. The number of fused-ring (bicyclic) bond motifs is 20. The van der Waals surface area contributed by atoms with Gasteiger partial charge in [-0.05, 0) is 400 Å². The number of hydrogen-bond donors (Lipinski definition) is 8. The van der Waals surface area contributed by atoms with Crippen LogP contribution in [0, 0.1) is 209 Å². The molecule has 42 atom stereocenters. The average Bonchev–Trinajstić information content (AvgIpc) is 1.48. The Hall–Kier alpha value is -3.34. The zero-order valence-corrected chi connectivity index (χ0v) is 85.7. The summed E-state index contributed by atoms with van der Waals surface area (Å²) in [6.07, 6.45) is 38.0. The number of carbonyl (C=O) groups excluding carboxylic acids is 4. The number of hydrogen-bond acceptors (Lipinski definition) is 12. The summed E-state index contributed by atoms with van der Waals surface area (Å²) in [5.74, 6) is 11.0. The van der Waals surface area contributed by atoms with Gasteiger partial charge in [0.2, 0.25) is 0 Å². The third kappa shape index (κ3) is 18.3. The Balaban J connectivity index is 0.000000148. The van der Waals surface area contributed by atoms with Crippen LogP contribution < -0.4 is 0 Å². The maximum atomic E-state index is 15.5. The Kier molecular flexibility index (Phi) is 32.1. The van der Waals surface area contributed by atoms with Crippen LogP contribution >= 0.6 is 0 Å². The Morgan fingerprint density at radius 1 is 0.308 bits per heavy atom. The Bertz CT molecular complexity index is 4130. The minimum atomic E-state index is -1.05. The fourth-order valence-corrected chi connectivity index (χ4v) is 36.8. The van der Waals surface area contributed by atoms with Crippen molar-refractivity contribution in [2.75, 3.05) is 0 Å². The second-order valence-corrected chi connectivity index (χ2v) is 50.9. The van der Waals surface area contributed by atoms with E-state index in [0.717, 1.165) is 127 Å². The minimum Gasteiger partial charge on any atom is -0.390 e. The van der Waals surface area contributed by atoms with Gasteiger partial charge in [-0.1, -0.05) is 215 Å². The molecule has 12 unspecified atom stereocenters. The Morgan fingerprint density at radius 2 is 0.608 bits per heavy atom. The number of carbonyl (C=O) groups is 4. The number of aliphatic hydroxyl groups is 8. The van der Waals surface area contributed by atoms with E-state index in [2.05, 4.69) is 172 Å². The molecular formula is C116H186F2O12. The summed E-state index contributed by atoms with van der Waals surface area (Å²) >= 11 is 0. The second-order valence-electron chi connectivity index (χ2n) is 50.9. The molecule has 16 aliphatic carbocycles. The summed E-state index contributed by atoms with van der Waals surface area (Å²) in [6, 6.07) is 0. The topological polar surface area (TPSA) is 230 Å². The number of aliphatic hydroxyl groups excluding tert-OH is 8. The minimum absolute atomic E-state index is 0.0161. The van der Waals surface area contributed by atoms with Crippen molar-refractivity contribution in [1.29, 1.82) is 0 Å². The zero-order valence-electron chi connectivity index (χ0n) is 85.7. The fourth-order valence-electron chi connectivity index (χ4n) is 36.8. The molecule has 12 fully saturated rings. The molecule has 0 saturated heterocycles. The molecule has 0 aliphatic heterocycles. The highest BCUT2D eigenvalue weighted by Gasteiger charge is 2.67. The number of rotatable bonds is 24. The van der Waals surface area contributed by atoms with Crippen LogP contribution in [0.15, 0.2) is 70.9 Å². The summed E-state index contributed by atoms with van der Waals surface area (Å²) in [5, 5.41) is 89.1. The van der Waals surface area contributed by atoms with Crippen molar-refractivity contribution >= 4 is 23.1 Å². The first-order chi connectivity index (χ1) is 61.0. The summed E-state index contributed by atoms with van der Waals surface area (Å²) in [4.78, 5) is 48.1. The van der Waals surface area contributed by atoms with Gasteiger partial charge in [0, 0.05) is 23.7 Å². The molecule has 8 N–H and O–H groups in total. The molecule has 12 nitrogen and oxygen atoms in total. The fraction of sp³-hybridized carbons (Fsp3) is 0.862. The van der Waals surface area contributed by atoms with Crippen molar-refractivity contribution in [1.82, 2.24) is 0 Å². The van der Waals surface area contributed by atoms with Crippen LogP contribution in [-0.2, 0) is 19.2 Å². The normalized spacial score (nSPS) is 43.5. The highest BCUT2D eigenvalue weighted by atomic mass is 19.1. The number of ketones is 4. The molecule has 0 aromatic heterocycles. The van der Waals surface area contributed by atoms with Gasteiger partial charge in [0.15, 0.2) is 23.1 Å². The van der Waals surface area contributed by atoms with Crippen LogP contribution in [0.5, 0.6) is 0 Å². The van der Waals surface area contributed by atoms with Gasteiger partial charge in [0.1, 0.15) is 12.3 Å². The van der Waals surface area contributed by atoms with Gasteiger partial charge >= 0.3 is 0 Å². The zero-order chi connectivity index (χ0) is 95.4. The lowest BCUT2D eigenvalue weighted by Crippen LogP contribution is -2.54. The van der Waals surface area contributed by atoms with E-state index in [0.29, 0.717) is 137 Å². The van der Waals surface area contributed by atoms with Crippen molar-refractivity contribution in [2.45, 2.75) is 420 Å². The van der Waals surface area contributed by atoms with E-state index in [1.807, 2.05) is 18.2 Å². The maximum absolute atomic E-state index is 15.5. The van der Waals surface area contributed by atoms with Gasteiger partial charge < -0.3 is 40.9 Å². The van der Waals surface area contributed by atoms with E-state index in [-0.39, 0.29) is 108 Å². The van der Waals surface area contributed by atoms with Gasteiger partial charge in [-0.2, -0.15) is 0 Å². The van der Waals surface area contributed by atoms with Crippen LogP contribution in [0.3, 0.4) is 0 Å². The first-order valence-electron chi connectivity index (χ1n) is 54.1. The van der Waals surface area contributed by atoms with Gasteiger partial charge in [-0.25, -0.2) is 8.78 Å². The quantitative estimate of drug-likeness (QED) is 0.0451. The van der Waals surface area contributed by atoms with Crippen molar-refractivity contribution in [3.05, 3.63) is 70.9 Å². The average molecular weight is 1810 g/mol. The molecule has 130 heavy (non-hydrogen) atoms. The first kappa shape index (κ1) is 104. The Labute approximate surface area is 787 Å². The lowest BCUT2D eigenvalue weighted by molar-refractivity contribution is -0.120. The molecule has 0 aromatic carbocycles. The molecule has 14 heteroatoms. The molecule has 736 valence electrons. The molecule has 12 saturated carbocycles. The smallest absolute Gasteiger partial charge is 0.178 e. The van der Waals surface area contributed by atoms with Crippen LogP contribution in [-0.4, -0.2) is 125 Å². The molecule has 0 bridgehead atoms. The molecule has 0 heterocycles. The number of alkyl halides is 2. The molecule has 0 spiro atoms. The third-order valence-corrected chi connectivity index (χ3v) is 44.4. The van der Waals surface area contributed by atoms with E-state index in [1.54, 1.807) is 24.3 Å². The molecule has 16 aliphatic rings. The highest BCUT2D eigenvalue weighted by molar-refractivity contribution is 6.02. The number of allylic oxidation sites excluding steroid dienone is 10. The summed E-state index contributed by atoms with van der Waals surface area (Å²) in [5.41, 5.74) is 4.67. The largest absolute Gasteiger partial charge is 0.390 e. The third-order valence-electron chi connectivity index (χ3n) is 44.4. The maximum Gasteiger partial charge on any atom is 0.178 e. The lowest BCUT2D eigenvalue weighted by atomic mass is 9.46. The second kappa shape index (κ2) is 40.1. The Morgan fingerprint density at radius 3 is 0.985 bits per heavy atom. The van der Waals surface area contributed by atoms with E-state index in [4.69, 9.17) is 0 Å². The lowest BCUT2D eigenvalue weighted by Gasteiger charge is -2.59. The number of halogens is 2. The molecular weight excluding hydrogens is 1620 g/mol. The predicted molar refractivity (Wildman–Crippen MR) is 520 cm³/mol. The summed E-state index contributed by atoms with van der Waals surface area (Å²) in [6.45, 7) is 53.2. The van der Waals surface area contributed by atoms with Crippen molar-refractivity contribution < 1.29 is 68.8 Å². The van der Waals surface area contributed by atoms with Crippen LogP contribution in [0.25, 0.3) is 0 Å². The van der Waals surface area contributed by atoms with E-state index >= 15 is 8.78 Å². The highest BCUT2D eigenvalue weighted by Crippen LogP contribution is 2.73. The predicted octanol–water partition coefficient (Wildman–Crippen LogP) is 24.1. The van der Waals surface area contributed by atoms with Crippen LogP contribution in [0.1, 0.15) is 359 Å². The van der Waals surface area contributed by atoms with Gasteiger partial charge in [-0.15, -0.1) is 0 Å². The monoisotopic (exact) mass is 1810 g/mol. The van der Waals surface area contributed by atoms with Crippen molar-refractivity contribution in [3.63, 3.8) is 0 Å². The van der Waals surface area contributed by atoms with Crippen molar-refractivity contribution in [2.24, 2.45) is 209 Å². The first-order valence-corrected chi connectivity index (χ1v) is 54.1. The van der Waals surface area contributed by atoms with Gasteiger partial charge in [0.05, 0.1) is 48.8 Å². The van der Waals surface area contributed by atoms with Crippen LogP contribution in [0.2, 0.25) is 0 Å². The van der Waals surface area contributed by atoms with E-state index in [1.165, 1.54) is 75.4 Å². The van der Waals surface area contributed by atoms with Gasteiger partial charge in [0.25, 0.3) is 0 Å². The van der Waals surface area contributed by atoms with Gasteiger partial charge in [-0.3, -0.25) is 19.2 Å². The van der Waals surface area contributed by atoms with E-state index < -0.39 is 61.2 Å². The molecule has 16 rings (SSSR count).